The van der Waals surface area contributed by atoms with Crippen molar-refractivity contribution in [3.8, 4) is 11.1 Å². The molecule has 0 aliphatic carbocycles. The first kappa shape index (κ1) is 25.1. The van der Waals surface area contributed by atoms with Gasteiger partial charge in [0.15, 0.2) is 0 Å². The SMILES string of the molecule is CNC(=O)/C=C\N(C=O)CCC/C(=C/N)N(N)C[C@@](C)(O)c1ccccc1-c1ccsc1. The molecule has 172 valence electrons. The highest BCUT2D eigenvalue weighted by molar-refractivity contribution is 7.08. The second-order valence-electron chi connectivity index (χ2n) is 7.49. The molecule has 1 aromatic carbocycles. The average molecular weight is 458 g/mol. The lowest BCUT2D eigenvalue weighted by Gasteiger charge is -2.33. The monoisotopic (exact) mass is 457 g/mol. The Hall–Kier alpha value is -3.14. The van der Waals surface area contributed by atoms with Gasteiger partial charge >= 0.3 is 0 Å². The van der Waals surface area contributed by atoms with Crippen molar-refractivity contribution < 1.29 is 14.7 Å². The minimum atomic E-state index is -1.23. The van der Waals surface area contributed by atoms with Crippen LogP contribution < -0.4 is 16.9 Å². The van der Waals surface area contributed by atoms with Crippen LogP contribution in [0.2, 0.25) is 0 Å². The van der Waals surface area contributed by atoms with Crippen molar-refractivity contribution in [2.75, 3.05) is 20.1 Å². The van der Waals surface area contributed by atoms with Gasteiger partial charge in [0, 0.05) is 37.8 Å². The molecule has 0 radical (unpaired) electrons. The number of hydrazine groups is 1. The first-order chi connectivity index (χ1) is 15.3. The molecule has 0 fully saturated rings. The molecule has 1 heterocycles. The summed E-state index contributed by atoms with van der Waals surface area (Å²) in [4.78, 5) is 23.9. The third-order valence-corrected chi connectivity index (χ3v) is 5.71. The number of nitrogens with one attached hydrogen (secondary N) is 1. The van der Waals surface area contributed by atoms with Crippen molar-refractivity contribution in [3.05, 3.63) is 70.8 Å². The highest BCUT2D eigenvalue weighted by Crippen LogP contribution is 2.33. The second kappa shape index (κ2) is 12.0. The average Bonchev–Trinajstić information content (AvgIpc) is 3.33. The van der Waals surface area contributed by atoms with E-state index in [0.717, 1.165) is 16.7 Å². The molecular formula is C23H31N5O3S. The summed E-state index contributed by atoms with van der Waals surface area (Å²) in [5, 5.41) is 19.2. The molecule has 0 bridgehead atoms. The number of rotatable bonds is 12. The Morgan fingerprint density at radius 2 is 2.06 bits per heavy atom. The minimum absolute atomic E-state index is 0.130. The van der Waals surface area contributed by atoms with Crippen LogP contribution in [0.25, 0.3) is 11.1 Å². The van der Waals surface area contributed by atoms with E-state index in [9.17, 15) is 14.7 Å². The maximum Gasteiger partial charge on any atom is 0.245 e. The van der Waals surface area contributed by atoms with Crippen LogP contribution in [0.5, 0.6) is 0 Å². The number of nitrogens with two attached hydrogens (primary N) is 2. The summed E-state index contributed by atoms with van der Waals surface area (Å²) < 4.78 is 0. The van der Waals surface area contributed by atoms with Gasteiger partial charge in [0.2, 0.25) is 12.3 Å². The number of nitrogens with zero attached hydrogens (tertiary/aromatic N) is 2. The zero-order valence-corrected chi connectivity index (χ0v) is 19.2. The molecule has 1 atom stereocenters. The number of carbonyl (C=O) groups excluding carboxylic acids is 2. The Balaban J connectivity index is 2.02. The Labute approximate surface area is 192 Å². The lowest BCUT2D eigenvalue weighted by molar-refractivity contribution is -0.116. The van der Waals surface area contributed by atoms with E-state index in [-0.39, 0.29) is 12.5 Å². The normalized spacial score (nSPS) is 13.6. The maximum atomic E-state index is 11.3. The molecule has 1 aromatic heterocycles. The van der Waals surface area contributed by atoms with E-state index in [1.165, 1.54) is 35.4 Å². The molecule has 9 heteroatoms. The Morgan fingerprint density at radius 3 is 2.69 bits per heavy atom. The predicted octanol–water partition coefficient (Wildman–Crippen LogP) is 2.10. The number of likely N-dealkylation sites (N-methyl/N-ethyl adjacent to an activating group) is 1. The van der Waals surface area contributed by atoms with E-state index >= 15 is 0 Å². The van der Waals surface area contributed by atoms with Crippen LogP contribution >= 0.6 is 11.3 Å². The number of hydrogen-bond donors (Lipinski definition) is 4. The molecule has 0 aliphatic heterocycles. The first-order valence-corrected chi connectivity index (χ1v) is 11.1. The van der Waals surface area contributed by atoms with Gasteiger partial charge in [0.25, 0.3) is 0 Å². The van der Waals surface area contributed by atoms with Gasteiger partial charge < -0.3 is 26.1 Å². The number of benzene rings is 1. The molecular weight excluding hydrogens is 426 g/mol. The third-order valence-electron chi connectivity index (χ3n) is 5.03. The summed E-state index contributed by atoms with van der Waals surface area (Å²) in [5.41, 5.74) is 7.97. The van der Waals surface area contributed by atoms with Crippen LogP contribution in [0.1, 0.15) is 25.3 Å². The largest absolute Gasteiger partial charge is 0.403 e. The van der Waals surface area contributed by atoms with E-state index in [2.05, 4.69) is 5.32 Å². The van der Waals surface area contributed by atoms with E-state index in [1.807, 2.05) is 41.1 Å². The fraction of sp³-hybridized carbons (Fsp3) is 0.304. The number of hydrogen-bond acceptors (Lipinski definition) is 7. The molecule has 2 amide bonds. The van der Waals surface area contributed by atoms with Gasteiger partial charge in [-0.15, -0.1) is 0 Å². The van der Waals surface area contributed by atoms with Crippen LogP contribution in [-0.4, -0.2) is 47.5 Å². The van der Waals surface area contributed by atoms with Crippen LogP contribution in [0.4, 0.5) is 0 Å². The molecule has 6 N–H and O–H groups in total. The van der Waals surface area contributed by atoms with E-state index in [0.29, 0.717) is 31.5 Å². The van der Waals surface area contributed by atoms with Gasteiger partial charge in [-0.25, -0.2) is 5.84 Å². The van der Waals surface area contributed by atoms with Gasteiger partial charge in [-0.05, 0) is 53.3 Å². The molecule has 0 saturated carbocycles. The fourth-order valence-electron chi connectivity index (χ4n) is 3.32. The number of aliphatic hydroxyl groups is 1. The van der Waals surface area contributed by atoms with Crippen molar-refractivity contribution >= 4 is 23.7 Å². The molecule has 2 rings (SSSR count). The molecule has 8 nitrogen and oxygen atoms in total. The number of carbonyl (C=O) groups is 2. The highest BCUT2D eigenvalue weighted by atomic mass is 32.1. The van der Waals surface area contributed by atoms with E-state index < -0.39 is 5.60 Å². The van der Waals surface area contributed by atoms with Crippen molar-refractivity contribution in [1.29, 1.82) is 0 Å². The Morgan fingerprint density at radius 1 is 1.31 bits per heavy atom. The van der Waals surface area contributed by atoms with Crippen LogP contribution in [0.15, 0.2) is 65.3 Å². The summed E-state index contributed by atoms with van der Waals surface area (Å²) in [5.74, 6) is 5.97. The zero-order valence-electron chi connectivity index (χ0n) is 18.4. The molecule has 32 heavy (non-hydrogen) atoms. The molecule has 0 saturated heterocycles. The zero-order chi connectivity index (χ0) is 23.6. The molecule has 2 aromatic rings. The number of thiophene rings is 1. The lowest BCUT2D eigenvalue weighted by atomic mass is 9.88. The standard InChI is InChI=1S/C23H31N5O3S/c1-23(31,21-8-4-3-7-20(21)18-10-13-32-15-18)16-28(25)19(14-24)6-5-11-27(17-29)12-9-22(30)26-2/h3-4,7-10,12-15,17,31H,5-6,11,16,24-25H2,1-2H3,(H,26,30)/b12-9-,19-14-/t23-/m1/s1. The summed E-state index contributed by atoms with van der Waals surface area (Å²) in [6.07, 6.45) is 5.83. The topological polar surface area (TPSA) is 125 Å². The highest BCUT2D eigenvalue weighted by Gasteiger charge is 2.29. The van der Waals surface area contributed by atoms with Gasteiger partial charge in [0.1, 0.15) is 5.60 Å². The van der Waals surface area contributed by atoms with E-state index in [4.69, 9.17) is 11.6 Å². The fourth-order valence-corrected chi connectivity index (χ4v) is 3.97. The summed E-state index contributed by atoms with van der Waals surface area (Å²) in [7, 11) is 1.51. The van der Waals surface area contributed by atoms with E-state index in [1.54, 1.807) is 18.3 Å². The van der Waals surface area contributed by atoms with Gasteiger partial charge in [-0.2, -0.15) is 11.3 Å². The quantitative estimate of drug-likeness (QED) is 0.167. The Bertz CT molecular complexity index is 941. The van der Waals surface area contributed by atoms with Crippen molar-refractivity contribution in [3.63, 3.8) is 0 Å². The van der Waals surface area contributed by atoms with Gasteiger partial charge in [-0.1, -0.05) is 24.3 Å². The summed E-state index contributed by atoms with van der Waals surface area (Å²) in [6, 6.07) is 9.72. The smallest absolute Gasteiger partial charge is 0.245 e. The first-order valence-electron chi connectivity index (χ1n) is 10.2. The minimum Gasteiger partial charge on any atom is -0.403 e. The van der Waals surface area contributed by atoms with Crippen LogP contribution in [0.3, 0.4) is 0 Å². The Kier molecular flexibility index (Phi) is 9.45. The van der Waals surface area contributed by atoms with Gasteiger partial charge in [-0.3, -0.25) is 9.59 Å². The van der Waals surface area contributed by atoms with Gasteiger partial charge in [0.05, 0.1) is 6.54 Å². The van der Waals surface area contributed by atoms with Crippen LogP contribution in [-0.2, 0) is 15.2 Å². The van der Waals surface area contributed by atoms with Crippen molar-refractivity contribution in [2.45, 2.75) is 25.4 Å². The maximum absolute atomic E-state index is 11.3. The molecule has 0 aliphatic rings. The second-order valence-corrected chi connectivity index (χ2v) is 8.27. The molecule has 0 spiro atoms. The van der Waals surface area contributed by atoms with Crippen LogP contribution in [0, 0.1) is 0 Å². The third kappa shape index (κ3) is 6.94. The lowest BCUT2D eigenvalue weighted by Crippen LogP contribution is -2.43. The van der Waals surface area contributed by atoms with Crippen molar-refractivity contribution in [2.24, 2.45) is 11.6 Å². The molecule has 0 unspecified atom stereocenters. The predicted molar refractivity (Wildman–Crippen MR) is 128 cm³/mol. The summed E-state index contributed by atoms with van der Waals surface area (Å²) >= 11 is 1.60. The number of allylic oxidation sites excluding steroid dienone is 1. The summed E-state index contributed by atoms with van der Waals surface area (Å²) in [6.45, 7) is 2.24. The van der Waals surface area contributed by atoms with Crippen molar-refractivity contribution in [1.82, 2.24) is 15.2 Å². The number of amides is 2.